The summed E-state index contributed by atoms with van der Waals surface area (Å²) in [4.78, 5) is 11.1. The summed E-state index contributed by atoms with van der Waals surface area (Å²) in [5.74, 6) is -2.93. The van der Waals surface area contributed by atoms with Gasteiger partial charge in [0.2, 0.25) is 0 Å². The third kappa shape index (κ3) is 1.54. The highest BCUT2D eigenvalue weighted by molar-refractivity contribution is 5.84. The zero-order chi connectivity index (χ0) is 11.0. The van der Waals surface area contributed by atoms with Gasteiger partial charge in [0.25, 0.3) is 0 Å². The fraction of sp³-hybridized carbons (Fsp3) is 0.750. The van der Waals surface area contributed by atoms with Crippen LogP contribution >= 0.6 is 0 Å². The number of hydrogen-bond donors (Lipinski definition) is 0. The van der Waals surface area contributed by atoms with Crippen LogP contribution in [0.1, 0.15) is 13.3 Å². The summed E-state index contributed by atoms with van der Waals surface area (Å²) in [5.41, 5.74) is -1.98. The lowest BCUT2D eigenvalue weighted by atomic mass is 10.1. The van der Waals surface area contributed by atoms with Crippen molar-refractivity contribution in [3.05, 3.63) is 0 Å². The number of carbonyl (C=O) groups is 1. The second-order valence-corrected chi connectivity index (χ2v) is 3.10. The number of alkyl halides is 3. The molecule has 6 heteroatoms. The molecule has 0 aromatic carbocycles. The molecule has 0 N–H and O–H groups in total. The zero-order valence-corrected chi connectivity index (χ0v) is 7.39. The van der Waals surface area contributed by atoms with E-state index in [9.17, 15) is 18.0 Å². The van der Waals surface area contributed by atoms with Gasteiger partial charge < -0.3 is 4.74 Å². The maximum atomic E-state index is 12.2. The number of nitrogens with zero attached hydrogens (tertiary/aromatic N) is 1. The average Bonchev–Trinajstić information content (AvgIpc) is 2.79. The zero-order valence-electron chi connectivity index (χ0n) is 7.39. The summed E-state index contributed by atoms with van der Waals surface area (Å²) in [7, 11) is 0. The van der Waals surface area contributed by atoms with Crippen molar-refractivity contribution < 1.29 is 22.7 Å². The number of halogens is 3. The van der Waals surface area contributed by atoms with E-state index in [0.29, 0.717) is 0 Å². The smallest absolute Gasteiger partial charge is 0.394 e. The maximum absolute atomic E-state index is 12.2. The Balaban J connectivity index is 2.77. The SMILES string of the molecule is CCOC(=O)C1(C#N)CC1C(F)(F)F. The quantitative estimate of drug-likeness (QED) is 0.647. The molecule has 1 aliphatic carbocycles. The minimum absolute atomic E-state index is 0.0210. The second kappa shape index (κ2) is 3.15. The third-order valence-corrected chi connectivity index (χ3v) is 2.20. The molecule has 0 aromatic heterocycles. The van der Waals surface area contributed by atoms with Crippen LogP contribution in [0.2, 0.25) is 0 Å². The maximum Gasteiger partial charge on any atom is 0.394 e. The molecule has 2 unspecified atom stereocenters. The molecule has 3 nitrogen and oxygen atoms in total. The molecule has 0 heterocycles. The Bertz CT molecular complexity index is 294. The van der Waals surface area contributed by atoms with Crippen LogP contribution in [-0.4, -0.2) is 18.8 Å². The van der Waals surface area contributed by atoms with Gasteiger partial charge in [0.05, 0.1) is 18.6 Å². The van der Waals surface area contributed by atoms with E-state index in [-0.39, 0.29) is 6.61 Å². The van der Waals surface area contributed by atoms with Gasteiger partial charge in [-0.05, 0) is 13.3 Å². The summed E-state index contributed by atoms with van der Waals surface area (Å²) in [5, 5.41) is 8.54. The van der Waals surface area contributed by atoms with Crippen LogP contribution in [0.5, 0.6) is 0 Å². The van der Waals surface area contributed by atoms with E-state index in [1.807, 2.05) is 0 Å². The van der Waals surface area contributed by atoms with Crippen LogP contribution < -0.4 is 0 Å². The fourth-order valence-electron chi connectivity index (χ4n) is 1.31. The molecule has 1 rings (SSSR count). The molecule has 0 aliphatic heterocycles. The molecule has 78 valence electrons. The predicted octanol–water partition coefficient (Wildman–Crippen LogP) is 1.64. The first kappa shape index (κ1) is 10.8. The van der Waals surface area contributed by atoms with Crippen molar-refractivity contribution in [3.8, 4) is 6.07 Å². The number of rotatable bonds is 2. The Morgan fingerprint density at radius 3 is 2.57 bits per heavy atom. The van der Waals surface area contributed by atoms with Gasteiger partial charge in [0, 0.05) is 0 Å². The average molecular weight is 207 g/mol. The molecule has 2 atom stereocenters. The third-order valence-electron chi connectivity index (χ3n) is 2.20. The number of nitriles is 1. The summed E-state index contributed by atoms with van der Waals surface area (Å²) in [6, 6.07) is 1.40. The van der Waals surface area contributed by atoms with Crippen molar-refractivity contribution in [2.24, 2.45) is 11.3 Å². The van der Waals surface area contributed by atoms with Crippen LogP contribution in [0.4, 0.5) is 13.2 Å². The van der Waals surface area contributed by atoms with Crippen molar-refractivity contribution in [2.75, 3.05) is 6.61 Å². The van der Waals surface area contributed by atoms with Gasteiger partial charge in [-0.3, -0.25) is 4.79 Å². The number of ether oxygens (including phenoxy) is 1. The molecule has 14 heavy (non-hydrogen) atoms. The molecule has 0 spiro atoms. The number of esters is 1. The van der Waals surface area contributed by atoms with E-state index < -0.39 is 29.9 Å². The summed E-state index contributed by atoms with van der Waals surface area (Å²) < 4.78 is 40.9. The van der Waals surface area contributed by atoms with Gasteiger partial charge in [-0.1, -0.05) is 0 Å². The topological polar surface area (TPSA) is 50.1 Å². The summed E-state index contributed by atoms with van der Waals surface area (Å²) in [6.45, 7) is 1.46. The van der Waals surface area contributed by atoms with Crippen LogP contribution in [0.25, 0.3) is 0 Å². The monoisotopic (exact) mass is 207 g/mol. The molecule has 0 aromatic rings. The Hall–Kier alpha value is -1.25. The molecule has 1 fully saturated rings. The van der Waals surface area contributed by atoms with Gasteiger partial charge in [0.1, 0.15) is 0 Å². The molecule has 1 saturated carbocycles. The lowest BCUT2D eigenvalue weighted by Gasteiger charge is -2.09. The van der Waals surface area contributed by atoms with E-state index in [1.54, 1.807) is 0 Å². The summed E-state index contributed by atoms with van der Waals surface area (Å²) in [6.07, 6.45) is -4.98. The first-order valence-electron chi connectivity index (χ1n) is 4.03. The Morgan fingerprint density at radius 1 is 1.71 bits per heavy atom. The molecule has 1 aliphatic rings. The Kier molecular flexibility index (Phi) is 2.44. The molecule has 0 saturated heterocycles. The minimum atomic E-state index is -4.50. The molecule has 0 amide bonds. The van der Waals surface area contributed by atoms with Crippen molar-refractivity contribution in [1.29, 1.82) is 5.26 Å². The van der Waals surface area contributed by atoms with Gasteiger partial charge in [-0.25, -0.2) is 0 Å². The Labute approximate surface area is 78.5 Å². The molecular weight excluding hydrogens is 199 g/mol. The van der Waals surface area contributed by atoms with E-state index in [4.69, 9.17) is 5.26 Å². The lowest BCUT2D eigenvalue weighted by Crippen LogP contribution is -2.25. The predicted molar refractivity (Wildman–Crippen MR) is 38.8 cm³/mol. The summed E-state index contributed by atoms with van der Waals surface area (Å²) >= 11 is 0. The number of hydrogen-bond acceptors (Lipinski definition) is 3. The van der Waals surface area contributed by atoms with E-state index in [0.717, 1.165) is 0 Å². The second-order valence-electron chi connectivity index (χ2n) is 3.10. The van der Waals surface area contributed by atoms with Crippen molar-refractivity contribution in [1.82, 2.24) is 0 Å². The van der Waals surface area contributed by atoms with Crippen molar-refractivity contribution in [2.45, 2.75) is 19.5 Å². The van der Waals surface area contributed by atoms with Crippen molar-refractivity contribution >= 4 is 5.97 Å². The van der Waals surface area contributed by atoms with Crippen LogP contribution in [0, 0.1) is 22.7 Å². The standard InChI is InChI=1S/C8H8F3NO2/c1-2-14-6(13)7(4-12)3-5(7)8(9,10)11/h5H,2-3H2,1H3. The Morgan fingerprint density at radius 2 is 2.29 bits per heavy atom. The molecule has 0 radical (unpaired) electrons. The van der Waals surface area contributed by atoms with Crippen molar-refractivity contribution in [3.63, 3.8) is 0 Å². The van der Waals surface area contributed by atoms with E-state index in [2.05, 4.69) is 4.74 Å². The first-order chi connectivity index (χ1) is 6.38. The van der Waals surface area contributed by atoms with Crippen LogP contribution in [0.15, 0.2) is 0 Å². The highest BCUT2D eigenvalue weighted by Gasteiger charge is 2.72. The van der Waals surface area contributed by atoms with E-state index >= 15 is 0 Å². The van der Waals surface area contributed by atoms with Gasteiger partial charge in [0.15, 0.2) is 5.41 Å². The fourth-order valence-corrected chi connectivity index (χ4v) is 1.31. The number of carbonyl (C=O) groups excluding carboxylic acids is 1. The first-order valence-corrected chi connectivity index (χ1v) is 4.03. The van der Waals surface area contributed by atoms with Crippen LogP contribution in [-0.2, 0) is 9.53 Å². The highest BCUT2D eigenvalue weighted by Crippen LogP contribution is 2.60. The van der Waals surface area contributed by atoms with Gasteiger partial charge in [-0.15, -0.1) is 0 Å². The lowest BCUT2D eigenvalue weighted by molar-refractivity contribution is -0.167. The molecular formula is C8H8F3NO2. The largest absolute Gasteiger partial charge is 0.465 e. The van der Waals surface area contributed by atoms with Crippen LogP contribution in [0.3, 0.4) is 0 Å². The highest BCUT2D eigenvalue weighted by atomic mass is 19.4. The van der Waals surface area contributed by atoms with E-state index in [1.165, 1.54) is 13.0 Å². The normalized spacial score (nSPS) is 30.6. The van der Waals surface area contributed by atoms with Gasteiger partial charge >= 0.3 is 12.1 Å². The molecule has 0 bridgehead atoms. The minimum Gasteiger partial charge on any atom is -0.465 e. The van der Waals surface area contributed by atoms with Gasteiger partial charge in [-0.2, -0.15) is 18.4 Å².